The van der Waals surface area contributed by atoms with Crippen LogP contribution in [0.4, 0.5) is 15.7 Å². The number of ether oxygens (including phenoxy) is 4. The van der Waals surface area contributed by atoms with Crippen molar-refractivity contribution in [1.82, 2.24) is 14.7 Å². The van der Waals surface area contributed by atoms with Crippen LogP contribution < -0.4 is 34.9 Å². The molecule has 7 aliphatic rings. The van der Waals surface area contributed by atoms with Crippen LogP contribution in [0.3, 0.4) is 0 Å². The minimum absolute atomic E-state index is 0.0484. The maximum absolute atomic E-state index is 13.3. The summed E-state index contributed by atoms with van der Waals surface area (Å²) in [6.45, 7) is 4.42. The van der Waals surface area contributed by atoms with Gasteiger partial charge in [-0.1, -0.05) is 18.2 Å². The highest BCUT2D eigenvalue weighted by Gasteiger charge is 2.48. The number of hydrogen-bond acceptors (Lipinski definition) is 22. The number of rotatable bonds is 16. The first-order valence-electron chi connectivity index (χ1n) is 27.8. The molecule has 3 aromatic heterocycles. The van der Waals surface area contributed by atoms with Crippen LogP contribution in [0.5, 0.6) is 23.0 Å². The number of amides is 9. The summed E-state index contributed by atoms with van der Waals surface area (Å²) < 4.78 is 94.9. The van der Waals surface area contributed by atoms with Crippen LogP contribution in [0.1, 0.15) is 134 Å². The number of hydrogen-bond donors (Lipinski definition) is 3. The van der Waals surface area contributed by atoms with Gasteiger partial charge in [0.2, 0.25) is 17.7 Å². The predicted octanol–water partition coefficient (Wildman–Crippen LogP) is 6.30. The number of fused-ring (bicyclic) bond motifs is 6. The molecule has 0 spiro atoms. The molecule has 90 heavy (non-hydrogen) atoms. The molecule has 472 valence electrons. The maximum Gasteiger partial charge on any atom is 0.272 e. The van der Waals surface area contributed by atoms with Crippen LogP contribution in [-0.2, 0) is 56.7 Å². The van der Waals surface area contributed by atoms with E-state index in [1.54, 1.807) is 60.0 Å². The highest BCUT2D eigenvalue weighted by molar-refractivity contribution is 7.91. The molecule has 9 heterocycles. The highest BCUT2D eigenvalue weighted by atomic mass is 32.2. The second kappa shape index (κ2) is 24.4. The fourth-order valence-electron chi connectivity index (χ4n) is 11.1. The molecule has 31 heteroatoms. The van der Waals surface area contributed by atoms with Crippen molar-refractivity contribution in [2.45, 2.75) is 57.7 Å². The molecule has 6 aliphatic heterocycles. The Morgan fingerprint density at radius 3 is 1.36 bits per heavy atom. The van der Waals surface area contributed by atoms with Crippen LogP contribution in [0, 0.1) is 5.92 Å². The van der Waals surface area contributed by atoms with E-state index in [4.69, 9.17) is 18.9 Å². The van der Waals surface area contributed by atoms with Gasteiger partial charge in [-0.25, -0.2) is 25.3 Å². The molecule has 3 N–H and O–H groups in total. The molecule has 0 bridgehead atoms. The van der Waals surface area contributed by atoms with Crippen molar-refractivity contribution < 1.29 is 87.4 Å². The van der Waals surface area contributed by atoms with E-state index in [2.05, 4.69) is 16.0 Å². The molecule has 6 aromatic rings. The lowest BCUT2D eigenvalue weighted by Gasteiger charge is -2.27. The predicted molar refractivity (Wildman–Crippen MR) is 330 cm³/mol. The SMILES string of the molecule is CC(=O)Nc1csc2c1C(=O)N([C@@H](CS(C)(=O)=O)c1ccc3c(c1)CCO3)C2=O.CC(=O)Nc1scc2c1C(=O)N([C@@H](CS(C)(=O)=O)c1ccc3c(c1)OCCO3)C2=O.CS(=O)(=O)C[C@@H](c1ccc2c(c1)CCO2)N1C(=O)c2csc(NC(=O)C3CC3)c2C1=O. The fraction of sp³-hybridized carbons (Fsp3) is 0.339. The quantitative estimate of drug-likeness (QED) is 0.0895. The minimum Gasteiger partial charge on any atom is -0.493 e. The maximum atomic E-state index is 13.3. The van der Waals surface area contributed by atoms with Crippen LogP contribution in [0.25, 0.3) is 0 Å². The Hall–Kier alpha value is -8.36. The molecule has 3 atom stereocenters. The Kier molecular flexibility index (Phi) is 17.2. The molecule has 25 nitrogen and oxygen atoms in total. The van der Waals surface area contributed by atoms with Crippen molar-refractivity contribution in [3.8, 4) is 23.0 Å². The number of benzene rings is 3. The summed E-state index contributed by atoms with van der Waals surface area (Å²) in [7, 11) is -10.6. The zero-order valence-corrected chi connectivity index (χ0v) is 53.5. The van der Waals surface area contributed by atoms with Crippen LogP contribution in [-0.4, -0.2) is 156 Å². The van der Waals surface area contributed by atoms with Gasteiger partial charge in [0.1, 0.15) is 69.1 Å². The third-order valence-electron chi connectivity index (χ3n) is 15.2. The van der Waals surface area contributed by atoms with E-state index in [1.807, 2.05) is 0 Å². The second-order valence-electron chi connectivity index (χ2n) is 22.3. The molecule has 9 amide bonds. The smallest absolute Gasteiger partial charge is 0.272 e. The lowest BCUT2D eigenvalue weighted by molar-refractivity contribution is -0.117. The molecule has 1 aliphatic carbocycles. The van der Waals surface area contributed by atoms with Gasteiger partial charge in [0.05, 0.1) is 82.1 Å². The number of carbonyl (C=O) groups excluding carboxylic acids is 9. The Morgan fingerprint density at radius 2 is 0.900 bits per heavy atom. The minimum atomic E-state index is -3.56. The van der Waals surface area contributed by atoms with Crippen molar-refractivity contribution in [1.29, 1.82) is 0 Å². The van der Waals surface area contributed by atoms with E-state index in [0.717, 1.165) is 103 Å². The van der Waals surface area contributed by atoms with Gasteiger partial charge in [0.25, 0.3) is 35.4 Å². The first kappa shape index (κ1) is 63.2. The summed E-state index contributed by atoms with van der Waals surface area (Å²) >= 11 is 3.26. The van der Waals surface area contributed by atoms with E-state index in [9.17, 15) is 68.4 Å². The van der Waals surface area contributed by atoms with E-state index in [-0.39, 0.29) is 72.8 Å². The Bertz CT molecular complexity index is 4430. The molecule has 3 aromatic carbocycles. The third-order valence-corrected chi connectivity index (χ3v) is 20.8. The van der Waals surface area contributed by atoms with Gasteiger partial charge in [-0.05, 0) is 77.1 Å². The van der Waals surface area contributed by atoms with Gasteiger partial charge < -0.3 is 34.9 Å². The fourth-order valence-corrected chi connectivity index (χ4v) is 16.7. The van der Waals surface area contributed by atoms with Crippen molar-refractivity contribution >= 4 is 132 Å². The summed E-state index contributed by atoms with van der Waals surface area (Å²) in [4.78, 5) is 117. The zero-order valence-electron chi connectivity index (χ0n) is 48.6. The number of thiophene rings is 3. The largest absolute Gasteiger partial charge is 0.493 e. The molecule has 1 saturated carbocycles. The standard InChI is InChI=1S/C21H20N2O6S2.C19H18N2O7S2.C19H18N2O6S2/c1-31(27,28)10-15(12-4-5-16-13(8-12)6-7-29-16)23-20(25)14-9-30-19(17(14)21(23)26)22-18(24)11-2-3-11;1-10(22)20-17-16-12(8-29-17)18(23)21(19(16)24)13(9-30(2,25)26)11-3-4-14-15(7-11)28-6-5-27-14;1-10(22)20-13-8-28-17-16(13)18(23)21(19(17)24)14(9-29(2,25)26)11-3-4-15-12(7-11)5-6-27-15/h4-5,8-9,11,15H,2-3,6-7,10H2,1H3,(H,22,24);3-4,7-8,13H,5-6,9H2,1-2H3,(H,20,22);3-4,7-8,14H,5-6,9H2,1-2H3,(H,20,22)/t15-;13-;14-/m000/s1. The monoisotopic (exact) mass is 1340 g/mol. The number of sulfone groups is 3. The molecule has 0 radical (unpaired) electrons. The third kappa shape index (κ3) is 13.0. The topological polar surface area (TPSA) is 339 Å². The molecular weight excluding hydrogens is 1290 g/mol. The Labute approximate surface area is 527 Å². The van der Waals surface area contributed by atoms with Gasteiger partial charge in [0, 0.05) is 67.5 Å². The van der Waals surface area contributed by atoms with Gasteiger partial charge >= 0.3 is 0 Å². The number of carbonyl (C=O) groups is 9. The number of nitrogens with zero attached hydrogens (tertiary/aromatic N) is 3. The molecule has 13 rings (SSSR count). The summed E-state index contributed by atoms with van der Waals surface area (Å²) in [6, 6.07) is 12.3. The number of anilines is 3. The van der Waals surface area contributed by atoms with Gasteiger partial charge in [-0.3, -0.25) is 57.9 Å². The van der Waals surface area contributed by atoms with Gasteiger partial charge in [-0.2, -0.15) is 0 Å². The van der Waals surface area contributed by atoms with E-state index < -0.39 is 94.6 Å². The Morgan fingerprint density at radius 1 is 0.489 bits per heavy atom. The normalized spacial score (nSPS) is 17.1. The van der Waals surface area contributed by atoms with Crippen LogP contribution >= 0.6 is 34.0 Å². The summed E-state index contributed by atoms with van der Waals surface area (Å²) in [6.07, 6.45) is 6.18. The lowest BCUT2D eigenvalue weighted by Crippen LogP contribution is -2.38. The van der Waals surface area contributed by atoms with Gasteiger partial charge in [0.15, 0.2) is 11.5 Å². The van der Waals surface area contributed by atoms with E-state index in [0.29, 0.717) is 72.5 Å². The first-order valence-corrected chi connectivity index (χ1v) is 36.6. The molecule has 1 fully saturated rings. The van der Waals surface area contributed by atoms with E-state index >= 15 is 0 Å². The second-order valence-corrected chi connectivity index (χ2v) is 31.5. The lowest BCUT2D eigenvalue weighted by atomic mass is 10.0. The number of nitrogens with one attached hydrogen (secondary N) is 3. The average molecular weight is 1350 g/mol. The first-order chi connectivity index (χ1) is 42.5. The number of imide groups is 3. The van der Waals surface area contributed by atoms with Crippen molar-refractivity contribution in [2.24, 2.45) is 5.92 Å². The highest BCUT2D eigenvalue weighted by Crippen LogP contribution is 2.45. The van der Waals surface area contributed by atoms with Crippen molar-refractivity contribution in [3.63, 3.8) is 0 Å². The van der Waals surface area contributed by atoms with Crippen LogP contribution in [0.15, 0.2) is 70.7 Å². The zero-order chi connectivity index (χ0) is 64.5. The van der Waals surface area contributed by atoms with Crippen molar-refractivity contribution in [3.05, 3.63) is 131 Å². The average Bonchev–Trinajstić information content (AvgIpc) is 1.61. The van der Waals surface area contributed by atoms with Crippen LogP contribution in [0.2, 0.25) is 0 Å². The molecule has 0 unspecified atom stereocenters. The molecule has 0 saturated heterocycles. The van der Waals surface area contributed by atoms with Gasteiger partial charge in [-0.15, -0.1) is 34.0 Å². The van der Waals surface area contributed by atoms with Crippen molar-refractivity contribution in [2.75, 3.05) is 78.4 Å². The summed E-state index contributed by atoms with van der Waals surface area (Å²) in [5.74, 6) is -3.36. The summed E-state index contributed by atoms with van der Waals surface area (Å²) in [5.41, 5.74) is 4.32. The Balaban J connectivity index is 0.000000139. The summed E-state index contributed by atoms with van der Waals surface area (Å²) in [5, 5.41) is 13.0. The molecular formula is C59H56N6O19S6. The van der Waals surface area contributed by atoms with E-state index in [1.165, 1.54) is 24.6 Å².